The number of hydrogen-bond donors (Lipinski definition) is 1. The number of aryl methyl sites for hydroxylation is 1. The fourth-order valence-corrected chi connectivity index (χ4v) is 2.48. The minimum atomic E-state index is -1.07. The van der Waals surface area contributed by atoms with Crippen molar-refractivity contribution in [2.45, 2.75) is 6.54 Å². The third-order valence-corrected chi connectivity index (χ3v) is 3.66. The summed E-state index contributed by atoms with van der Waals surface area (Å²) in [7, 11) is 1.71. The molecule has 0 aromatic carbocycles. The van der Waals surface area contributed by atoms with Crippen molar-refractivity contribution in [1.29, 1.82) is 0 Å². The summed E-state index contributed by atoms with van der Waals surface area (Å²) in [6.45, 7) is 0.181. The van der Waals surface area contributed by atoms with E-state index in [0.717, 1.165) is 11.3 Å². The summed E-state index contributed by atoms with van der Waals surface area (Å²) in [5.74, 6) is -1.07. The fraction of sp³-hybridized carbons (Fsp3) is 0.182. The number of carboxylic acids is 1. The van der Waals surface area contributed by atoms with Gasteiger partial charge in [-0.25, -0.2) is 14.8 Å². The average molecular weight is 291 g/mol. The molecule has 8 nitrogen and oxygen atoms in total. The van der Waals surface area contributed by atoms with E-state index < -0.39 is 5.97 Å². The molecule has 0 unspecified atom stereocenters. The highest BCUT2D eigenvalue weighted by Crippen LogP contribution is 2.11. The molecule has 3 aromatic rings. The van der Waals surface area contributed by atoms with Gasteiger partial charge in [0.25, 0.3) is 5.56 Å². The van der Waals surface area contributed by atoms with Crippen LogP contribution in [0.3, 0.4) is 0 Å². The lowest BCUT2D eigenvalue weighted by Gasteiger charge is -2.02. The Balaban J connectivity index is 2.00. The Bertz CT molecular complexity index is 862. The summed E-state index contributed by atoms with van der Waals surface area (Å²) in [6.07, 6.45) is 2.87. The van der Waals surface area contributed by atoms with Gasteiger partial charge in [0.15, 0.2) is 5.65 Å². The van der Waals surface area contributed by atoms with E-state index in [1.165, 1.54) is 21.8 Å². The van der Waals surface area contributed by atoms with E-state index in [9.17, 15) is 9.59 Å². The molecule has 0 spiro atoms. The Hall–Kier alpha value is -2.55. The maximum absolute atomic E-state index is 12.2. The van der Waals surface area contributed by atoms with Gasteiger partial charge in [-0.15, -0.1) is 11.3 Å². The van der Waals surface area contributed by atoms with Crippen LogP contribution in [0.4, 0.5) is 0 Å². The van der Waals surface area contributed by atoms with Gasteiger partial charge in [0.2, 0.25) is 5.01 Å². The van der Waals surface area contributed by atoms with Crippen LogP contribution in [0.2, 0.25) is 0 Å². The maximum atomic E-state index is 12.2. The summed E-state index contributed by atoms with van der Waals surface area (Å²) < 4.78 is 2.90. The molecule has 3 heterocycles. The number of aromatic nitrogens is 5. The maximum Gasteiger partial charge on any atom is 0.365 e. The van der Waals surface area contributed by atoms with E-state index >= 15 is 0 Å². The number of carboxylic acid groups (broad SMARTS) is 1. The van der Waals surface area contributed by atoms with Crippen molar-refractivity contribution in [3.63, 3.8) is 0 Å². The third-order valence-electron chi connectivity index (χ3n) is 2.79. The normalized spacial score (nSPS) is 11.1. The second kappa shape index (κ2) is 4.53. The lowest BCUT2D eigenvalue weighted by atomic mass is 10.4. The van der Waals surface area contributed by atoms with Gasteiger partial charge < -0.3 is 5.11 Å². The number of thiazole rings is 1. The Morgan fingerprint density at radius 1 is 1.50 bits per heavy atom. The molecule has 0 saturated heterocycles. The minimum Gasteiger partial charge on any atom is -0.476 e. The SMILES string of the molecule is Cn1ncc2c(=O)n(Cc3csc(C(=O)O)n3)cnc21. The molecule has 0 aliphatic heterocycles. The molecule has 0 amide bonds. The van der Waals surface area contributed by atoms with Crippen molar-refractivity contribution in [1.82, 2.24) is 24.3 Å². The number of nitrogens with zero attached hydrogens (tertiary/aromatic N) is 5. The third kappa shape index (κ3) is 1.97. The van der Waals surface area contributed by atoms with Gasteiger partial charge in [-0.3, -0.25) is 14.0 Å². The monoisotopic (exact) mass is 291 g/mol. The van der Waals surface area contributed by atoms with Crippen LogP contribution < -0.4 is 5.56 Å². The van der Waals surface area contributed by atoms with E-state index in [1.807, 2.05) is 0 Å². The summed E-state index contributed by atoms with van der Waals surface area (Å²) >= 11 is 1.03. The molecule has 20 heavy (non-hydrogen) atoms. The zero-order chi connectivity index (χ0) is 14.3. The van der Waals surface area contributed by atoms with E-state index in [1.54, 1.807) is 12.4 Å². The van der Waals surface area contributed by atoms with Gasteiger partial charge >= 0.3 is 5.97 Å². The van der Waals surface area contributed by atoms with E-state index in [0.29, 0.717) is 16.7 Å². The first-order valence-electron chi connectivity index (χ1n) is 5.61. The number of hydrogen-bond acceptors (Lipinski definition) is 6. The fourth-order valence-electron chi connectivity index (χ4n) is 1.83. The highest BCUT2D eigenvalue weighted by atomic mass is 32.1. The molecular weight excluding hydrogens is 282 g/mol. The molecular formula is C11H9N5O3S. The average Bonchev–Trinajstić information content (AvgIpc) is 3.01. The van der Waals surface area contributed by atoms with Gasteiger partial charge in [0.1, 0.15) is 11.7 Å². The highest BCUT2D eigenvalue weighted by molar-refractivity contribution is 7.11. The van der Waals surface area contributed by atoms with Crippen LogP contribution in [0, 0.1) is 0 Å². The van der Waals surface area contributed by atoms with Crippen molar-refractivity contribution >= 4 is 28.3 Å². The van der Waals surface area contributed by atoms with Crippen molar-refractivity contribution in [3.05, 3.63) is 39.0 Å². The van der Waals surface area contributed by atoms with Gasteiger partial charge in [0, 0.05) is 12.4 Å². The van der Waals surface area contributed by atoms with Crippen molar-refractivity contribution < 1.29 is 9.90 Å². The molecule has 0 aliphatic carbocycles. The van der Waals surface area contributed by atoms with Crippen LogP contribution in [0.25, 0.3) is 11.0 Å². The predicted molar refractivity (Wildman–Crippen MR) is 70.9 cm³/mol. The molecule has 3 aromatic heterocycles. The Labute approximate surface area is 115 Å². The number of fused-ring (bicyclic) bond motifs is 1. The quantitative estimate of drug-likeness (QED) is 0.746. The van der Waals surface area contributed by atoms with Gasteiger partial charge in [-0.1, -0.05) is 0 Å². The predicted octanol–water partition coefficient (Wildman–Crippen LogP) is 0.333. The number of aromatic carboxylic acids is 1. The lowest BCUT2D eigenvalue weighted by molar-refractivity contribution is 0.0696. The molecule has 0 bridgehead atoms. The van der Waals surface area contributed by atoms with Crippen LogP contribution in [0.5, 0.6) is 0 Å². The van der Waals surface area contributed by atoms with Crippen LogP contribution in [-0.2, 0) is 13.6 Å². The minimum absolute atomic E-state index is 0.00321. The molecule has 0 radical (unpaired) electrons. The molecule has 0 aliphatic rings. The summed E-state index contributed by atoms with van der Waals surface area (Å²) in [5, 5.41) is 14.8. The number of carbonyl (C=O) groups is 1. The van der Waals surface area contributed by atoms with Gasteiger partial charge in [-0.2, -0.15) is 5.10 Å². The van der Waals surface area contributed by atoms with Crippen LogP contribution in [-0.4, -0.2) is 35.4 Å². The van der Waals surface area contributed by atoms with E-state index in [4.69, 9.17) is 5.11 Å². The Morgan fingerprint density at radius 2 is 2.30 bits per heavy atom. The first kappa shape index (κ1) is 12.5. The first-order chi connectivity index (χ1) is 9.56. The van der Waals surface area contributed by atoms with Crippen LogP contribution in [0.15, 0.2) is 22.7 Å². The second-order valence-electron chi connectivity index (χ2n) is 4.13. The first-order valence-corrected chi connectivity index (χ1v) is 6.49. The van der Waals surface area contributed by atoms with Crippen LogP contribution in [0.1, 0.15) is 15.5 Å². The van der Waals surface area contributed by atoms with E-state index in [-0.39, 0.29) is 17.1 Å². The van der Waals surface area contributed by atoms with E-state index in [2.05, 4.69) is 15.1 Å². The lowest BCUT2D eigenvalue weighted by Crippen LogP contribution is -2.21. The van der Waals surface area contributed by atoms with Crippen molar-refractivity contribution in [2.75, 3.05) is 0 Å². The standard InChI is InChI=1S/C11H9N5O3S/c1-15-8-7(2-13-15)10(17)16(5-12-8)3-6-4-20-9(14-6)11(18)19/h2,4-5H,3H2,1H3,(H,18,19). The molecule has 1 N–H and O–H groups in total. The molecule has 9 heteroatoms. The van der Waals surface area contributed by atoms with Crippen LogP contribution >= 0.6 is 11.3 Å². The summed E-state index contributed by atoms with van der Waals surface area (Å²) in [4.78, 5) is 31.1. The molecule has 102 valence electrons. The largest absolute Gasteiger partial charge is 0.476 e. The van der Waals surface area contributed by atoms with Gasteiger partial charge in [0.05, 0.1) is 18.4 Å². The summed E-state index contributed by atoms with van der Waals surface area (Å²) in [6, 6.07) is 0. The molecule has 0 saturated carbocycles. The van der Waals surface area contributed by atoms with Gasteiger partial charge in [-0.05, 0) is 0 Å². The molecule has 3 rings (SSSR count). The number of rotatable bonds is 3. The molecule has 0 atom stereocenters. The van der Waals surface area contributed by atoms with Crippen molar-refractivity contribution in [2.24, 2.45) is 7.05 Å². The zero-order valence-electron chi connectivity index (χ0n) is 10.3. The topological polar surface area (TPSA) is 103 Å². The van der Waals surface area contributed by atoms with Crippen molar-refractivity contribution in [3.8, 4) is 0 Å². The summed E-state index contributed by atoms with van der Waals surface area (Å²) in [5.41, 5.74) is 0.795. The zero-order valence-corrected chi connectivity index (χ0v) is 11.2. The Kier molecular flexibility index (Phi) is 2.83. The second-order valence-corrected chi connectivity index (χ2v) is 4.99. The smallest absolute Gasteiger partial charge is 0.365 e. The highest BCUT2D eigenvalue weighted by Gasteiger charge is 2.12. The Morgan fingerprint density at radius 3 is 3.00 bits per heavy atom. The molecule has 0 fully saturated rings.